The molecular weight excluding hydrogens is 430 g/mol. The Hall–Kier alpha value is -2.66. The summed E-state index contributed by atoms with van der Waals surface area (Å²) in [5, 5.41) is 4.01. The Bertz CT molecular complexity index is 1130. The molecule has 4 rings (SSSR count). The van der Waals surface area contributed by atoms with Crippen LogP contribution in [0.2, 0.25) is 0 Å². The third kappa shape index (κ3) is 5.21. The van der Waals surface area contributed by atoms with E-state index in [0.717, 1.165) is 23.8 Å². The molecule has 2 nitrogen and oxygen atoms in total. The number of para-hydroxylation sites is 1. The van der Waals surface area contributed by atoms with E-state index >= 15 is 0 Å². The smallest absolute Gasteiger partial charge is 0.126 e. The fourth-order valence-corrected chi connectivity index (χ4v) is 8.26. The molecule has 2 unspecified atom stereocenters. The minimum Gasteiger partial charge on any atom is -0.496 e. The molecule has 0 amide bonds. The second-order valence-electron chi connectivity index (χ2n) is 7.33. The summed E-state index contributed by atoms with van der Waals surface area (Å²) in [6, 6.07) is 36.3. The van der Waals surface area contributed by atoms with Crippen molar-refractivity contribution in [1.29, 1.82) is 0 Å². The lowest BCUT2D eigenvalue weighted by atomic mass is 10.1. The first-order chi connectivity index (χ1) is 15.8. The molecule has 4 aromatic rings. The zero-order valence-corrected chi connectivity index (χ0v) is 20.4. The highest BCUT2D eigenvalue weighted by molar-refractivity contribution is 7.73. The van der Waals surface area contributed by atoms with Gasteiger partial charge >= 0.3 is 0 Å². The molecule has 4 aromatic carbocycles. The van der Waals surface area contributed by atoms with Crippen molar-refractivity contribution in [3.05, 3.63) is 103 Å². The quantitative estimate of drug-likeness (QED) is 0.295. The number of ether oxygens (including phenoxy) is 2. The summed E-state index contributed by atoms with van der Waals surface area (Å²) in [7, 11) is 3.69. The zero-order valence-electron chi connectivity index (χ0n) is 18.5. The number of benzene rings is 4. The molecule has 0 aliphatic carbocycles. The average molecular weight is 458 g/mol. The van der Waals surface area contributed by atoms with Crippen LogP contribution in [0.15, 0.2) is 103 Å². The maximum atomic E-state index is 5.76. The van der Waals surface area contributed by atoms with Crippen molar-refractivity contribution in [3.63, 3.8) is 0 Å². The average Bonchev–Trinajstić information content (AvgIpc) is 2.87. The number of hydrogen-bond donors (Lipinski definition) is 0. The van der Waals surface area contributed by atoms with Gasteiger partial charge in [-0.3, -0.25) is 0 Å². The van der Waals surface area contributed by atoms with E-state index in [-0.39, 0.29) is 0 Å². The SMILES string of the molecule is COc1ccccc1P(CCPc1c(OC)cccc1-c1ccccc1)c1ccccc1. The topological polar surface area (TPSA) is 18.5 Å². The van der Waals surface area contributed by atoms with Crippen LogP contribution in [-0.2, 0) is 0 Å². The van der Waals surface area contributed by atoms with Crippen LogP contribution in [0.4, 0.5) is 0 Å². The van der Waals surface area contributed by atoms with Gasteiger partial charge in [-0.25, -0.2) is 0 Å². The van der Waals surface area contributed by atoms with Crippen LogP contribution in [-0.4, -0.2) is 26.5 Å². The van der Waals surface area contributed by atoms with E-state index in [9.17, 15) is 0 Å². The zero-order chi connectivity index (χ0) is 22.2. The molecule has 0 radical (unpaired) electrons. The molecule has 0 aliphatic rings. The van der Waals surface area contributed by atoms with E-state index in [1.54, 1.807) is 14.2 Å². The molecule has 0 saturated carbocycles. The summed E-state index contributed by atoms with van der Waals surface area (Å²) in [5.41, 5.74) is 2.51. The molecule has 0 heterocycles. The van der Waals surface area contributed by atoms with Crippen LogP contribution in [0.3, 0.4) is 0 Å². The predicted molar refractivity (Wildman–Crippen MR) is 142 cm³/mol. The van der Waals surface area contributed by atoms with E-state index < -0.39 is 7.92 Å². The van der Waals surface area contributed by atoms with E-state index in [4.69, 9.17) is 9.47 Å². The lowest BCUT2D eigenvalue weighted by Gasteiger charge is -2.22. The van der Waals surface area contributed by atoms with Gasteiger partial charge in [-0.2, -0.15) is 0 Å². The summed E-state index contributed by atoms with van der Waals surface area (Å²) in [4.78, 5) is 0. The highest BCUT2D eigenvalue weighted by Gasteiger charge is 2.18. The molecule has 0 aliphatic heterocycles. The second-order valence-corrected chi connectivity index (χ2v) is 11.0. The van der Waals surface area contributed by atoms with Gasteiger partial charge in [0.15, 0.2) is 0 Å². The van der Waals surface area contributed by atoms with Gasteiger partial charge < -0.3 is 9.47 Å². The first kappa shape index (κ1) is 22.5. The predicted octanol–water partition coefficient (Wildman–Crippen LogP) is 5.81. The van der Waals surface area contributed by atoms with Crippen LogP contribution in [0, 0.1) is 0 Å². The second kappa shape index (κ2) is 11.3. The van der Waals surface area contributed by atoms with Crippen LogP contribution in [0.5, 0.6) is 11.5 Å². The summed E-state index contributed by atoms with van der Waals surface area (Å²) in [6.07, 6.45) is 2.20. The van der Waals surface area contributed by atoms with E-state index in [1.807, 2.05) is 6.07 Å². The van der Waals surface area contributed by atoms with Crippen molar-refractivity contribution in [2.45, 2.75) is 0 Å². The Balaban J connectivity index is 1.62. The van der Waals surface area contributed by atoms with Gasteiger partial charge in [0.25, 0.3) is 0 Å². The maximum Gasteiger partial charge on any atom is 0.126 e. The van der Waals surface area contributed by atoms with Crippen LogP contribution >= 0.6 is 16.5 Å². The van der Waals surface area contributed by atoms with Gasteiger partial charge in [-0.15, -0.1) is 0 Å². The third-order valence-corrected chi connectivity index (χ3v) is 9.75. The van der Waals surface area contributed by atoms with Crippen molar-refractivity contribution in [2.75, 3.05) is 26.5 Å². The molecule has 0 saturated heterocycles. The minimum atomic E-state index is -0.510. The van der Waals surface area contributed by atoms with E-state index in [2.05, 4.69) is 97.1 Å². The number of hydrogen-bond acceptors (Lipinski definition) is 2. The first-order valence-electron chi connectivity index (χ1n) is 10.7. The van der Waals surface area contributed by atoms with Crippen LogP contribution in [0.1, 0.15) is 0 Å². The van der Waals surface area contributed by atoms with Gasteiger partial charge in [-0.1, -0.05) is 99.6 Å². The van der Waals surface area contributed by atoms with E-state index in [0.29, 0.717) is 8.58 Å². The molecule has 0 N–H and O–H groups in total. The van der Waals surface area contributed by atoms with Crippen molar-refractivity contribution in [3.8, 4) is 22.6 Å². The van der Waals surface area contributed by atoms with Crippen LogP contribution < -0.4 is 25.4 Å². The molecule has 32 heavy (non-hydrogen) atoms. The standard InChI is InChI=1S/C28H28O2P2/c1-29-25-17-9-10-19-27(25)32(23-14-7-4-8-15-23)21-20-31-28-24(16-11-18-26(28)30-2)22-12-5-3-6-13-22/h3-19,31H,20-21H2,1-2H3. The molecule has 0 bridgehead atoms. The lowest BCUT2D eigenvalue weighted by molar-refractivity contribution is 0.418. The normalized spacial score (nSPS) is 12.1. The Kier molecular flexibility index (Phi) is 7.94. The third-order valence-electron chi connectivity index (χ3n) is 5.41. The minimum absolute atomic E-state index is 0.510. The first-order valence-corrected chi connectivity index (χ1v) is 13.5. The Morgan fingerprint density at radius 1 is 0.656 bits per heavy atom. The summed E-state index contributed by atoms with van der Waals surface area (Å²) in [5.74, 6) is 1.96. The van der Waals surface area contributed by atoms with Gasteiger partial charge in [-0.05, 0) is 48.8 Å². The fourth-order valence-electron chi connectivity index (χ4n) is 3.88. The van der Waals surface area contributed by atoms with Gasteiger partial charge in [0.05, 0.1) is 14.2 Å². The Morgan fingerprint density at radius 3 is 2.00 bits per heavy atom. The molecular formula is C28H28O2P2. The molecule has 2 atom stereocenters. The fraction of sp³-hybridized carbons (Fsp3) is 0.143. The van der Waals surface area contributed by atoms with Crippen molar-refractivity contribution < 1.29 is 9.47 Å². The van der Waals surface area contributed by atoms with E-state index in [1.165, 1.54) is 27.0 Å². The Morgan fingerprint density at radius 2 is 1.28 bits per heavy atom. The van der Waals surface area contributed by atoms with Gasteiger partial charge in [0.2, 0.25) is 0 Å². The lowest BCUT2D eigenvalue weighted by Crippen LogP contribution is -2.17. The number of methoxy groups -OCH3 is 2. The largest absolute Gasteiger partial charge is 0.496 e. The maximum absolute atomic E-state index is 5.76. The summed E-state index contributed by atoms with van der Waals surface area (Å²) >= 11 is 0. The molecule has 0 fully saturated rings. The highest BCUT2D eigenvalue weighted by Crippen LogP contribution is 2.39. The summed E-state index contributed by atoms with van der Waals surface area (Å²) < 4.78 is 11.5. The molecule has 4 heteroatoms. The monoisotopic (exact) mass is 458 g/mol. The number of rotatable bonds is 9. The van der Waals surface area contributed by atoms with Gasteiger partial charge in [0.1, 0.15) is 11.5 Å². The highest BCUT2D eigenvalue weighted by atomic mass is 31.1. The van der Waals surface area contributed by atoms with Gasteiger partial charge in [0, 0.05) is 10.6 Å². The van der Waals surface area contributed by atoms with Crippen LogP contribution in [0.25, 0.3) is 11.1 Å². The molecule has 0 aromatic heterocycles. The van der Waals surface area contributed by atoms with Crippen molar-refractivity contribution in [2.24, 2.45) is 0 Å². The van der Waals surface area contributed by atoms with Crippen molar-refractivity contribution >= 4 is 32.4 Å². The Labute approximate surface area is 194 Å². The van der Waals surface area contributed by atoms with Crippen molar-refractivity contribution in [1.82, 2.24) is 0 Å². The molecule has 162 valence electrons. The summed E-state index contributed by atoms with van der Waals surface area (Å²) in [6.45, 7) is 0. The molecule has 0 spiro atoms.